The number of nitrogens with one attached hydrogen (secondary N) is 2. The van der Waals surface area contributed by atoms with Crippen molar-refractivity contribution in [3.05, 3.63) is 0 Å². The van der Waals surface area contributed by atoms with Gasteiger partial charge in [0.25, 0.3) is 0 Å². The summed E-state index contributed by atoms with van der Waals surface area (Å²) in [6, 6.07) is -0.214. The number of likely N-dealkylation sites (N-methyl/N-ethyl adjacent to an activating group) is 1. The molecule has 4 fully saturated rings. The molecular weight excluding hydrogens is 279 g/mol. The lowest BCUT2D eigenvalue weighted by Crippen LogP contribution is -2.65. The molecule has 5 nitrogen and oxygen atoms in total. The van der Waals surface area contributed by atoms with Crippen molar-refractivity contribution in [2.75, 3.05) is 7.05 Å². The molecule has 4 rings (SSSR count). The maximum absolute atomic E-state index is 12.0. The summed E-state index contributed by atoms with van der Waals surface area (Å²) in [6.07, 6.45) is 2.48. The summed E-state index contributed by atoms with van der Waals surface area (Å²) in [4.78, 5) is 12.0. The van der Waals surface area contributed by atoms with Crippen LogP contribution in [0.2, 0.25) is 0 Å². The van der Waals surface area contributed by atoms with Gasteiger partial charge in [0, 0.05) is 0 Å². The van der Waals surface area contributed by atoms with Crippen LogP contribution in [0.25, 0.3) is 0 Å². The Hall–Kier alpha value is -0.585. The van der Waals surface area contributed by atoms with Gasteiger partial charge in [0.05, 0.1) is 23.7 Å². The van der Waals surface area contributed by atoms with Crippen LogP contribution in [0.3, 0.4) is 0 Å². The zero-order valence-electron chi connectivity index (χ0n) is 14.6. The number of carbonyl (C=O) groups is 1. The highest BCUT2D eigenvalue weighted by atomic mass is 16.7. The highest BCUT2D eigenvalue weighted by Gasteiger charge is 2.68. The molecule has 2 N–H and O–H groups in total. The van der Waals surface area contributed by atoms with Crippen molar-refractivity contribution >= 4 is 13.0 Å². The zero-order valence-corrected chi connectivity index (χ0v) is 14.6. The van der Waals surface area contributed by atoms with Gasteiger partial charge in [0.2, 0.25) is 5.91 Å². The molecule has 2 bridgehead atoms. The van der Waals surface area contributed by atoms with Gasteiger partial charge in [-0.15, -0.1) is 0 Å². The Morgan fingerprint density at radius 2 is 1.95 bits per heavy atom. The Morgan fingerprint density at radius 3 is 2.55 bits per heavy atom. The van der Waals surface area contributed by atoms with Crippen LogP contribution in [0.5, 0.6) is 0 Å². The van der Waals surface area contributed by atoms with E-state index in [9.17, 15) is 4.79 Å². The minimum Gasteiger partial charge on any atom is -0.404 e. The fourth-order valence-electron chi connectivity index (χ4n) is 4.66. The average molecular weight is 308 g/mol. The Balaban J connectivity index is 1.66. The number of hydrogen-bond donors (Lipinski definition) is 2. The Kier molecular flexibility index (Phi) is 3.86. The maximum Gasteiger partial charge on any atom is 0.481 e. The molecule has 3 aliphatic carbocycles. The second-order valence-electron chi connectivity index (χ2n) is 8.14. The first kappa shape index (κ1) is 16.3. The molecule has 1 aliphatic heterocycles. The van der Waals surface area contributed by atoms with Gasteiger partial charge in [-0.2, -0.15) is 0 Å². The Labute approximate surface area is 134 Å². The minimum absolute atomic E-state index is 0.0214. The normalized spacial score (nSPS) is 41.4. The van der Waals surface area contributed by atoms with Crippen LogP contribution in [-0.2, 0) is 14.1 Å². The van der Waals surface area contributed by atoms with E-state index in [1.54, 1.807) is 7.05 Å². The summed E-state index contributed by atoms with van der Waals surface area (Å²) in [5.74, 6) is 1.12. The Morgan fingerprint density at radius 1 is 1.27 bits per heavy atom. The lowest BCUT2D eigenvalue weighted by molar-refractivity contribution is -0.199. The van der Waals surface area contributed by atoms with Crippen LogP contribution in [0.4, 0.5) is 0 Å². The van der Waals surface area contributed by atoms with E-state index in [4.69, 9.17) is 9.31 Å². The Bertz CT molecular complexity index is 472. The lowest BCUT2D eigenvalue weighted by Gasteiger charge is -2.64. The van der Waals surface area contributed by atoms with E-state index >= 15 is 0 Å². The van der Waals surface area contributed by atoms with E-state index in [1.165, 1.54) is 6.42 Å². The van der Waals surface area contributed by atoms with Crippen LogP contribution in [0, 0.1) is 17.3 Å². The summed E-state index contributed by atoms with van der Waals surface area (Å²) in [5, 5.41) is 5.95. The third-order valence-corrected chi connectivity index (χ3v) is 6.57. The first-order valence-corrected chi connectivity index (χ1v) is 8.51. The van der Waals surface area contributed by atoms with Gasteiger partial charge in [0.1, 0.15) is 0 Å². The molecule has 0 aromatic rings. The van der Waals surface area contributed by atoms with Crippen LogP contribution in [0.15, 0.2) is 0 Å². The topological polar surface area (TPSA) is 59.6 Å². The second kappa shape index (κ2) is 5.21. The quantitative estimate of drug-likeness (QED) is 0.770. The predicted molar refractivity (Wildman–Crippen MR) is 86.2 cm³/mol. The highest BCUT2D eigenvalue weighted by Crippen LogP contribution is 2.65. The van der Waals surface area contributed by atoms with E-state index < -0.39 is 0 Å². The van der Waals surface area contributed by atoms with E-state index in [-0.39, 0.29) is 36.7 Å². The van der Waals surface area contributed by atoms with E-state index in [0.29, 0.717) is 11.3 Å². The molecule has 6 heteroatoms. The monoisotopic (exact) mass is 308 g/mol. The maximum atomic E-state index is 12.0. The van der Waals surface area contributed by atoms with Gasteiger partial charge < -0.3 is 19.9 Å². The first-order valence-electron chi connectivity index (χ1n) is 8.51. The predicted octanol–water partition coefficient (Wildman–Crippen LogP) is 1.37. The summed E-state index contributed by atoms with van der Waals surface area (Å²) in [5.41, 5.74) is 0.132. The van der Waals surface area contributed by atoms with Crippen molar-refractivity contribution in [3.63, 3.8) is 0 Å². The third-order valence-electron chi connectivity index (χ3n) is 6.57. The fourth-order valence-corrected chi connectivity index (χ4v) is 4.66. The molecule has 0 aromatic heterocycles. The van der Waals surface area contributed by atoms with Crippen molar-refractivity contribution in [3.8, 4) is 0 Å². The number of rotatable bonds is 4. The van der Waals surface area contributed by atoms with Crippen LogP contribution < -0.4 is 10.6 Å². The molecule has 1 amide bonds. The molecule has 124 valence electrons. The van der Waals surface area contributed by atoms with Gasteiger partial charge in [-0.1, -0.05) is 13.8 Å². The van der Waals surface area contributed by atoms with Gasteiger partial charge in [-0.05, 0) is 57.9 Å². The third kappa shape index (κ3) is 2.22. The molecule has 22 heavy (non-hydrogen) atoms. The molecule has 4 aliphatic rings. The van der Waals surface area contributed by atoms with Crippen molar-refractivity contribution in [2.24, 2.45) is 17.3 Å². The lowest BCUT2D eigenvalue weighted by atomic mass is 9.43. The van der Waals surface area contributed by atoms with Crippen molar-refractivity contribution in [1.29, 1.82) is 0 Å². The molecule has 6 atom stereocenters. The van der Waals surface area contributed by atoms with E-state index in [0.717, 1.165) is 12.3 Å². The van der Waals surface area contributed by atoms with Crippen LogP contribution >= 0.6 is 0 Å². The van der Waals surface area contributed by atoms with Crippen LogP contribution in [-0.4, -0.2) is 43.8 Å². The number of carbonyl (C=O) groups excluding carboxylic acids is 1. The molecule has 0 spiro atoms. The van der Waals surface area contributed by atoms with Crippen molar-refractivity contribution in [2.45, 2.75) is 71.1 Å². The summed E-state index contributed by atoms with van der Waals surface area (Å²) < 4.78 is 12.5. The van der Waals surface area contributed by atoms with Crippen molar-refractivity contribution < 1.29 is 14.1 Å². The average Bonchev–Trinajstić information content (AvgIpc) is 2.82. The molecule has 2 unspecified atom stereocenters. The largest absolute Gasteiger partial charge is 0.481 e. The molecule has 0 aromatic carbocycles. The van der Waals surface area contributed by atoms with Gasteiger partial charge >= 0.3 is 7.12 Å². The minimum atomic E-state index is -0.349. The molecule has 0 radical (unpaired) electrons. The summed E-state index contributed by atoms with van der Waals surface area (Å²) in [6.45, 7) is 10.7. The summed E-state index contributed by atoms with van der Waals surface area (Å²) in [7, 11) is 1.43. The first-order chi connectivity index (χ1) is 10.2. The van der Waals surface area contributed by atoms with Gasteiger partial charge in [0.15, 0.2) is 0 Å². The molecular formula is C16H29BN2O3. The van der Waals surface area contributed by atoms with E-state index in [2.05, 4.69) is 31.4 Å². The van der Waals surface area contributed by atoms with Gasteiger partial charge in [-0.3, -0.25) is 4.79 Å². The molecule has 1 saturated heterocycles. The standard InChI is InChI=1S/C16H29BN2O3/c1-9(18-6)14(20)19-10(2)17-21-13-8-11-7-12(15(11,3)4)16(13,5)22-17/h9-13,18H,7-8H2,1-6H3,(H,19,20)/t9?,10?,11-,12-,13+,16-/m0/s1. The zero-order chi connectivity index (χ0) is 16.3. The number of hydrogen-bond acceptors (Lipinski definition) is 4. The van der Waals surface area contributed by atoms with Gasteiger partial charge in [-0.25, -0.2) is 0 Å². The van der Waals surface area contributed by atoms with Crippen molar-refractivity contribution in [1.82, 2.24) is 10.6 Å². The van der Waals surface area contributed by atoms with Crippen LogP contribution in [0.1, 0.15) is 47.5 Å². The summed E-state index contributed by atoms with van der Waals surface area (Å²) >= 11 is 0. The smallest absolute Gasteiger partial charge is 0.404 e. The SMILES string of the molecule is CNC(C)C(=O)NC(C)B1O[C@@H]2C[C@@H]3C[C@@H](C3(C)C)[C@]2(C)O1. The highest BCUT2D eigenvalue weighted by molar-refractivity contribution is 6.47. The second-order valence-corrected chi connectivity index (χ2v) is 8.14. The molecule has 3 saturated carbocycles. The fraction of sp³-hybridized carbons (Fsp3) is 0.938. The molecule has 1 heterocycles. The van der Waals surface area contributed by atoms with E-state index in [1.807, 2.05) is 13.8 Å². The number of amides is 1.